The summed E-state index contributed by atoms with van der Waals surface area (Å²) in [5.74, 6) is 2.03. The quantitative estimate of drug-likeness (QED) is 0.184. The minimum atomic E-state index is -0.405. The van der Waals surface area contributed by atoms with Crippen molar-refractivity contribution < 1.29 is 28.2 Å². The highest BCUT2D eigenvalue weighted by Crippen LogP contribution is 2.50. The van der Waals surface area contributed by atoms with E-state index in [-0.39, 0.29) is 29.6 Å². The summed E-state index contributed by atoms with van der Waals surface area (Å²) in [5, 5.41) is 15.5. The number of carbonyl (C=O) groups is 2. The van der Waals surface area contributed by atoms with Gasteiger partial charge in [0.1, 0.15) is 0 Å². The van der Waals surface area contributed by atoms with Gasteiger partial charge in [0.15, 0.2) is 23.1 Å². The molecule has 0 saturated heterocycles. The van der Waals surface area contributed by atoms with Gasteiger partial charge in [-0.1, -0.05) is 6.07 Å². The zero-order chi connectivity index (χ0) is 31.2. The Bertz CT molecular complexity index is 1720. The van der Waals surface area contributed by atoms with Gasteiger partial charge in [0, 0.05) is 25.5 Å². The Labute approximate surface area is 253 Å². The minimum absolute atomic E-state index is 0.145. The summed E-state index contributed by atoms with van der Waals surface area (Å²) in [7, 11) is 4.65. The van der Waals surface area contributed by atoms with Crippen LogP contribution in [0.1, 0.15) is 43.4 Å². The molecule has 2 heterocycles. The Hall–Kier alpha value is -5.33. The molecule has 44 heavy (non-hydrogen) atoms. The van der Waals surface area contributed by atoms with E-state index < -0.39 is 6.04 Å². The molecule has 0 saturated carbocycles. The summed E-state index contributed by atoms with van der Waals surface area (Å²) >= 11 is 0. The predicted octanol–water partition coefficient (Wildman–Crippen LogP) is 4.07. The van der Waals surface area contributed by atoms with Crippen LogP contribution in [0, 0.1) is 0 Å². The number of nitrogens with one attached hydrogen (secondary N) is 4. The molecule has 2 aromatic carbocycles. The lowest BCUT2D eigenvalue weighted by atomic mass is 9.95. The van der Waals surface area contributed by atoms with Gasteiger partial charge in [0.2, 0.25) is 28.9 Å². The van der Waals surface area contributed by atoms with Gasteiger partial charge in [0.25, 0.3) is 0 Å². The predicted molar refractivity (Wildman–Crippen MR) is 163 cm³/mol. The summed E-state index contributed by atoms with van der Waals surface area (Å²) in [6.07, 6.45) is 3.31. The van der Waals surface area contributed by atoms with Gasteiger partial charge >= 0.3 is 0 Å². The Morgan fingerprint density at radius 1 is 1.09 bits per heavy atom. The van der Waals surface area contributed by atoms with Crippen molar-refractivity contribution in [1.29, 1.82) is 0 Å². The van der Waals surface area contributed by atoms with E-state index in [0.29, 0.717) is 65.9 Å². The highest BCUT2D eigenvalue weighted by atomic mass is 16.5. The molecule has 2 amide bonds. The molecule has 13 nitrogen and oxygen atoms in total. The highest BCUT2D eigenvalue weighted by molar-refractivity contribution is 5.89. The van der Waals surface area contributed by atoms with Gasteiger partial charge in [-0.2, -0.15) is 4.98 Å². The number of furan rings is 1. The van der Waals surface area contributed by atoms with E-state index in [1.165, 1.54) is 20.3 Å². The van der Waals surface area contributed by atoms with Gasteiger partial charge in [-0.05, 0) is 66.3 Å². The fourth-order valence-electron chi connectivity index (χ4n) is 5.35. The lowest BCUT2D eigenvalue weighted by Gasteiger charge is -2.19. The third kappa shape index (κ3) is 6.36. The molecule has 1 unspecified atom stereocenters. The number of anilines is 2. The number of aryl methyl sites for hydroxylation is 1. The first-order chi connectivity index (χ1) is 21.3. The zero-order valence-electron chi connectivity index (χ0n) is 24.9. The van der Waals surface area contributed by atoms with Gasteiger partial charge in [-0.25, -0.2) is 0 Å². The number of fused-ring (bicyclic) bond motifs is 3. The van der Waals surface area contributed by atoms with Crippen molar-refractivity contribution in [3.8, 4) is 40.0 Å². The minimum Gasteiger partial charge on any atom is -0.493 e. The number of H-pyrrole nitrogens is 1. The van der Waals surface area contributed by atoms with E-state index in [1.807, 2.05) is 12.1 Å². The van der Waals surface area contributed by atoms with Crippen LogP contribution >= 0.6 is 0 Å². The summed E-state index contributed by atoms with van der Waals surface area (Å²) in [4.78, 5) is 42.2. The largest absolute Gasteiger partial charge is 0.493 e. The molecule has 4 N–H and O–H groups in total. The summed E-state index contributed by atoms with van der Waals surface area (Å²) in [6, 6.07) is 10.1. The topological polar surface area (TPSA) is 170 Å². The van der Waals surface area contributed by atoms with E-state index in [0.717, 1.165) is 16.7 Å². The van der Waals surface area contributed by atoms with E-state index in [9.17, 15) is 14.4 Å². The molecule has 230 valence electrons. The van der Waals surface area contributed by atoms with Crippen molar-refractivity contribution in [3.05, 3.63) is 64.0 Å². The van der Waals surface area contributed by atoms with Crippen LogP contribution in [0.25, 0.3) is 22.7 Å². The zero-order valence-corrected chi connectivity index (χ0v) is 24.9. The van der Waals surface area contributed by atoms with Crippen LogP contribution in [0.5, 0.6) is 17.2 Å². The number of amides is 2. The second-order valence-corrected chi connectivity index (χ2v) is 10.2. The van der Waals surface area contributed by atoms with Crippen LogP contribution in [0.3, 0.4) is 0 Å². The number of ether oxygens (including phenoxy) is 3. The van der Waals surface area contributed by atoms with Crippen LogP contribution in [-0.2, 0) is 16.0 Å². The smallest absolute Gasteiger partial charge is 0.249 e. The maximum Gasteiger partial charge on any atom is 0.249 e. The fraction of sp³-hybridized carbons (Fsp3) is 0.323. The average molecular weight is 603 g/mol. The molecule has 0 spiro atoms. The monoisotopic (exact) mass is 602 g/mol. The van der Waals surface area contributed by atoms with Crippen LogP contribution in [-0.4, -0.2) is 54.9 Å². The van der Waals surface area contributed by atoms with Crippen molar-refractivity contribution in [1.82, 2.24) is 20.5 Å². The second-order valence-electron chi connectivity index (χ2n) is 10.2. The van der Waals surface area contributed by atoms with E-state index in [2.05, 4.69) is 31.1 Å². The molecule has 0 fully saturated rings. The van der Waals surface area contributed by atoms with Crippen LogP contribution in [0.2, 0.25) is 0 Å². The van der Waals surface area contributed by atoms with E-state index in [1.54, 1.807) is 38.5 Å². The molecule has 1 aliphatic carbocycles. The van der Waals surface area contributed by atoms with E-state index in [4.69, 9.17) is 18.6 Å². The first-order valence-electron chi connectivity index (χ1n) is 14.1. The number of rotatable bonds is 11. The number of benzene rings is 1. The highest BCUT2D eigenvalue weighted by Gasteiger charge is 2.29. The Morgan fingerprint density at radius 3 is 2.61 bits per heavy atom. The number of methoxy groups -OCH3 is 3. The molecular formula is C31H34N6O7. The average Bonchev–Trinajstić information content (AvgIpc) is 3.65. The van der Waals surface area contributed by atoms with Crippen molar-refractivity contribution in [2.45, 2.75) is 38.6 Å². The van der Waals surface area contributed by atoms with Crippen molar-refractivity contribution in [2.75, 3.05) is 38.5 Å². The third-order valence-corrected chi connectivity index (χ3v) is 7.30. The molecule has 0 radical (unpaired) electrons. The van der Waals surface area contributed by atoms with E-state index >= 15 is 0 Å². The molecule has 1 aliphatic rings. The SMILES string of the molecule is COc1cc2c(c(OC)c1OC)-c1ccc(NCCCC(=O)Nc3n[nH]c(-c4ccco4)n3)c(=O)cc1C(NC(C)=O)CC2. The normalized spacial score (nSPS) is 13.6. The standard InChI is InChI=1S/C31H34N6O7/c1-17(38)33-21-11-9-18-15-25(41-2)28(42-3)29(43-4)27(18)19-10-12-22(23(39)16-20(19)21)32-13-5-8-26(40)34-31-35-30(36-37-31)24-7-6-14-44-24/h6-7,10,12,14-16,21H,5,8-9,11,13H2,1-4H3,(H,32,39)(H,33,38)(H2,34,35,36,37,40). The summed E-state index contributed by atoms with van der Waals surface area (Å²) in [5.41, 5.74) is 3.23. The first-order valence-corrected chi connectivity index (χ1v) is 14.1. The number of aromatic amines is 1. The molecule has 1 atom stereocenters. The van der Waals surface area contributed by atoms with Gasteiger partial charge in [-0.3, -0.25) is 24.8 Å². The summed E-state index contributed by atoms with van der Waals surface area (Å²) < 4.78 is 22.3. The lowest BCUT2D eigenvalue weighted by molar-refractivity contribution is -0.119. The molecular weight excluding hydrogens is 568 g/mol. The molecule has 4 aromatic rings. The van der Waals surface area contributed by atoms with Gasteiger partial charge in [-0.15, -0.1) is 5.10 Å². The molecule has 5 rings (SSSR count). The van der Waals surface area contributed by atoms with Gasteiger partial charge in [0.05, 0.1) is 39.3 Å². The Kier molecular flexibility index (Phi) is 9.12. The number of carbonyl (C=O) groups excluding carboxylic acids is 2. The van der Waals surface area contributed by atoms with Crippen molar-refractivity contribution in [2.24, 2.45) is 0 Å². The van der Waals surface area contributed by atoms with Crippen molar-refractivity contribution >= 4 is 23.5 Å². The number of nitrogens with zero attached hydrogens (tertiary/aromatic N) is 2. The summed E-state index contributed by atoms with van der Waals surface area (Å²) in [6.45, 7) is 1.82. The number of hydrogen-bond donors (Lipinski definition) is 4. The molecule has 0 aliphatic heterocycles. The van der Waals surface area contributed by atoms with Crippen LogP contribution in [0.4, 0.5) is 11.6 Å². The van der Waals surface area contributed by atoms with Crippen molar-refractivity contribution in [3.63, 3.8) is 0 Å². The molecule has 0 bridgehead atoms. The van der Waals surface area contributed by atoms with Gasteiger partial charge < -0.3 is 29.3 Å². The number of hydrogen-bond acceptors (Lipinski definition) is 10. The lowest BCUT2D eigenvalue weighted by Crippen LogP contribution is -2.26. The fourth-order valence-corrected chi connectivity index (χ4v) is 5.35. The molecule has 2 aromatic heterocycles. The van der Waals surface area contributed by atoms with Crippen LogP contribution in [0.15, 0.2) is 51.9 Å². The van der Waals surface area contributed by atoms with Crippen LogP contribution < -0.4 is 35.6 Å². The maximum atomic E-state index is 13.4. The maximum absolute atomic E-state index is 13.4. The molecule has 13 heteroatoms. The third-order valence-electron chi connectivity index (χ3n) is 7.30. The Morgan fingerprint density at radius 2 is 1.91 bits per heavy atom. The second kappa shape index (κ2) is 13.3. The number of aromatic nitrogens is 3. The Balaban J connectivity index is 1.36. The first kappa shape index (κ1) is 30.1.